The zero-order valence-electron chi connectivity index (χ0n) is 8.56. The molecule has 0 bridgehead atoms. The second-order valence-corrected chi connectivity index (χ2v) is 4.67. The molecular weight excluding hydrogens is 222 g/mol. The third-order valence-corrected chi connectivity index (χ3v) is 2.77. The maximum atomic E-state index is 11.1. The van der Waals surface area contributed by atoms with Gasteiger partial charge in [0.05, 0.1) is 6.61 Å². The summed E-state index contributed by atoms with van der Waals surface area (Å²) in [7, 11) is -3.97. The van der Waals surface area contributed by atoms with Crippen LogP contribution in [-0.2, 0) is 19.3 Å². The Balaban J connectivity index is 2.27. The van der Waals surface area contributed by atoms with Crippen molar-refractivity contribution in [3.8, 4) is 0 Å². The molecule has 0 aromatic carbocycles. The van der Waals surface area contributed by atoms with Crippen molar-refractivity contribution in [2.45, 2.75) is 32.4 Å². The molecule has 7 nitrogen and oxygen atoms in total. The molecule has 15 heavy (non-hydrogen) atoms. The first-order chi connectivity index (χ1) is 6.87. The van der Waals surface area contributed by atoms with Crippen LogP contribution in [0.1, 0.15) is 26.7 Å². The summed E-state index contributed by atoms with van der Waals surface area (Å²) in [6.07, 6.45) is 0.471. The maximum absolute atomic E-state index is 11.1. The molecule has 8 heteroatoms. The summed E-state index contributed by atoms with van der Waals surface area (Å²) in [5, 5.41) is 7.39. The Kier molecular flexibility index (Phi) is 3.40. The highest BCUT2D eigenvalue weighted by Gasteiger charge is 2.33. The van der Waals surface area contributed by atoms with Crippen LogP contribution in [0.3, 0.4) is 0 Å². The van der Waals surface area contributed by atoms with Crippen LogP contribution in [0.5, 0.6) is 0 Å². The summed E-state index contributed by atoms with van der Waals surface area (Å²) < 4.78 is 28.5. The lowest BCUT2D eigenvalue weighted by molar-refractivity contribution is -0.119. The third kappa shape index (κ3) is 4.34. The lowest BCUT2D eigenvalue weighted by Crippen LogP contribution is -2.32. The molecule has 0 saturated carbocycles. The number of hydrogen-bond donors (Lipinski definition) is 1. The van der Waals surface area contributed by atoms with E-state index in [2.05, 4.69) is 14.4 Å². The van der Waals surface area contributed by atoms with Crippen LogP contribution in [0.15, 0.2) is 10.2 Å². The normalized spacial score (nSPS) is 17.5. The van der Waals surface area contributed by atoms with Crippen molar-refractivity contribution in [1.29, 1.82) is 0 Å². The van der Waals surface area contributed by atoms with Gasteiger partial charge < -0.3 is 0 Å². The van der Waals surface area contributed by atoms with Gasteiger partial charge in [0.2, 0.25) is 5.91 Å². The number of hydrogen-bond acceptors (Lipinski definition) is 6. The van der Waals surface area contributed by atoms with Crippen LogP contribution in [0.25, 0.3) is 0 Å². The van der Waals surface area contributed by atoms with Gasteiger partial charge in [0.1, 0.15) is 0 Å². The van der Waals surface area contributed by atoms with Crippen LogP contribution in [0.2, 0.25) is 0 Å². The fraction of sp³-hybridized carbons (Fsp3) is 0.857. The topological polar surface area (TPSA) is 97.2 Å². The molecule has 0 unspecified atom stereocenters. The van der Waals surface area contributed by atoms with E-state index in [4.69, 9.17) is 0 Å². The van der Waals surface area contributed by atoms with Gasteiger partial charge in [0, 0.05) is 12.8 Å². The first-order valence-electron chi connectivity index (χ1n) is 4.51. The number of amides is 1. The molecule has 0 saturated heterocycles. The molecule has 1 rings (SSSR count). The van der Waals surface area contributed by atoms with Gasteiger partial charge in [-0.1, -0.05) is 6.92 Å². The van der Waals surface area contributed by atoms with E-state index >= 15 is 0 Å². The highest BCUT2D eigenvalue weighted by Crippen LogP contribution is 2.30. The fourth-order valence-corrected chi connectivity index (χ4v) is 1.56. The second-order valence-electron chi connectivity index (χ2n) is 3.32. The molecule has 1 amide bonds. The van der Waals surface area contributed by atoms with E-state index < -0.39 is 21.9 Å². The maximum Gasteiger partial charge on any atom is 0.362 e. The van der Waals surface area contributed by atoms with Gasteiger partial charge in [-0.25, -0.2) is 4.72 Å². The number of nitrogens with one attached hydrogen (secondary N) is 1. The average Bonchev–Trinajstić information content (AvgIpc) is 2.82. The van der Waals surface area contributed by atoms with Crippen LogP contribution < -0.4 is 4.72 Å². The SMILES string of the molecule is CCC(=O)NS(=O)(=O)OCCC1(C)N=N1. The predicted octanol–water partition coefficient (Wildman–Crippen LogP) is 0.346. The molecule has 0 spiro atoms. The first kappa shape index (κ1) is 12.1. The summed E-state index contributed by atoms with van der Waals surface area (Å²) in [5.41, 5.74) is -0.496. The van der Waals surface area contributed by atoms with Crippen molar-refractivity contribution in [1.82, 2.24) is 4.72 Å². The molecular formula is C7H13N3O4S. The van der Waals surface area contributed by atoms with E-state index in [1.807, 2.05) is 0 Å². The minimum absolute atomic E-state index is 0.0458. The molecule has 0 aromatic rings. The van der Waals surface area contributed by atoms with Crippen molar-refractivity contribution in [3.63, 3.8) is 0 Å². The van der Waals surface area contributed by atoms with Gasteiger partial charge in [0.15, 0.2) is 5.66 Å². The Morgan fingerprint density at radius 1 is 1.47 bits per heavy atom. The lowest BCUT2D eigenvalue weighted by atomic mass is 10.2. The summed E-state index contributed by atoms with van der Waals surface area (Å²) >= 11 is 0. The summed E-state index contributed by atoms with van der Waals surface area (Å²) in [6, 6.07) is 0. The highest BCUT2D eigenvalue weighted by atomic mass is 32.2. The molecule has 1 aliphatic rings. The molecule has 86 valence electrons. The Morgan fingerprint density at radius 2 is 2.07 bits per heavy atom. The van der Waals surface area contributed by atoms with Crippen molar-refractivity contribution in [3.05, 3.63) is 0 Å². The molecule has 0 aliphatic carbocycles. The molecule has 1 heterocycles. The van der Waals surface area contributed by atoms with Crippen LogP contribution in [0.4, 0.5) is 0 Å². The van der Waals surface area contributed by atoms with Crippen molar-refractivity contribution in [2.24, 2.45) is 10.2 Å². The number of nitrogens with zero attached hydrogens (tertiary/aromatic N) is 2. The Hall–Kier alpha value is -1.02. The minimum Gasteiger partial charge on any atom is -0.274 e. The largest absolute Gasteiger partial charge is 0.362 e. The van der Waals surface area contributed by atoms with Gasteiger partial charge in [-0.05, 0) is 6.92 Å². The van der Waals surface area contributed by atoms with Crippen LogP contribution in [-0.4, -0.2) is 26.6 Å². The van der Waals surface area contributed by atoms with E-state index in [1.54, 1.807) is 18.6 Å². The van der Waals surface area contributed by atoms with Gasteiger partial charge in [-0.3, -0.25) is 8.98 Å². The van der Waals surface area contributed by atoms with Gasteiger partial charge in [-0.2, -0.15) is 18.6 Å². The number of rotatable bonds is 6. The van der Waals surface area contributed by atoms with E-state index in [9.17, 15) is 13.2 Å². The van der Waals surface area contributed by atoms with Crippen molar-refractivity contribution >= 4 is 16.2 Å². The number of carbonyl (C=O) groups excluding carboxylic acids is 1. The third-order valence-electron chi connectivity index (χ3n) is 1.82. The standard InChI is InChI=1S/C7H13N3O4S/c1-3-6(11)8-15(12,13)14-5-4-7(2)9-10-7/h3-5H2,1-2H3,(H,8,11). The molecule has 0 radical (unpaired) electrons. The minimum atomic E-state index is -3.97. The second kappa shape index (κ2) is 4.23. The molecule has 0 aromatic heterocycles. The average molecular weight is 235 g/mol. The summed E-state index contributed by atoms with van der Waals surface area (Å²) in [5.74, 6) is -0.595. The van der Waals surface area contributed by atoms with E-state index in [0.29, 0.717) is 6.42 Å². The van der Waals surface area contributed by atoms with E-state index in [-0.39, 0.29) is 13.0 Å². The van der Waals surface area contributed by atoms with Crippen molar-refractivity contribution < 1.29 is 17.4 Å². The lowest BCUT2D eigenvalue weighted by Gasteiger charge is -2.06. The van der Waals surface area contributed by atoms with Gasteiger partial charge in [-0.15, -0.1) is 0 Å². The first-order valence-corrected chi connectivity index (χ1v) is 5.92. The smallest absolute Gasteiger partial charge is 0.274 e. The summed E-state index contributed by atoms with van der Waals surface area (Å²) in [4.78, 5) is 10.8. The zero-order valence-corrected chi connectivity index (χ0v) is 9.37. The quantitative estimate of drug-likeness (QED) is 0.718. The van der Waals surface area contributed by atoms with Gasteiger partial charge >= 0.3 is 10.3 Å². The highest BCUT2D eigenvalue weighted by molar-refractivity contribution is 7.85. The Morgan fingerprint density at radius 3 is 2.53 bits per heavy atom. The summed E-state index contributed by atoms with van der Waals surface area (Å²) in [6.45, 7) is 3.26. The van der Waals surface area contributed by atoms with E-state index in [0.717, 1.165) is 0 Å². The van der Waals surface area contributed by atoms with Gasteiger partial charge in [0.25, 0.3) is 0 Å². The molecule has 1 N–H and O–H groups in total. The van der Waals surface area contributed by atoms with Crippen LogP contribution >= 0.6 is 0 Å². The Bertz CT molecular complexity index is 370. The Labute approximate surface area is 88.2 Å². The molecule has 0 atom stereocenters. The van der Waals surface area contributed by atoms with E-state index in [1.165, 1.54) is 0 Å². The molecule has 1 aliphatic heterocycles. The fourth-order valence-electron chi connectivity index (χ4n) is 0.771. The number of carbonyl (C=O) groups is 1. The van der Waals surface area contributed by atoms with Crippen LogP contribution in [0, 0.1) is 0 Å². The van der Waals surface area contributed by atoms with Crippen molar-refractivity contribution in [2.75, 3.05) is 6.61 Å². The predicted molar refractivity (Wildman–Crippen MR) is 51.2 cm³/mol. The monoisotopic (exact) mass is 235 g/mol. The molecule has 0 fully saturated rings. The zero-order chi connectivity index (χ0) is 11.5.